The maximum Gasteiger partial charge on any atom is 0.418 e. The molecule has 1 aromatic rings. The Bertz CT molecular complexity index is 1330. The van der Waals surface area contributed by atoms with Gasteiger partial charge in [0.05, 0.1) is 13.1 Å². The molecule has 18 heteroatoms. The lowest BCUT2D eigenvalue weighted by molar-refractivity contribution is -0.133. The summed E-state index contributed by atoms with van der Waals surface area (Å²) in [6, 6.07) is -3.02. The van der Waals surface area contributed by atoms with Gasteiger partial charge in [0.2, 0.25) is 11.9 Å². The molecule has 16 nitrogen and oxygen atoms in total. The second kappa shape index (κ2) is 11.4. The Labute approximate surface area is 241 Å². The van der Waals surface area contributed by atoms with Crippen LogP contribution in [0.25, 0.3) is 0 Å². The molecule has 0 radical (unpaired) electrons. The number of carbonyl (C=O) groups is 4. The van der Waals surface area contributed by atoms with Gasteiger partial charge in [-0.1, -0.05) is 0 Å². The molecule has 2 aliphatic heterocycles. The monoisotopic (exact) mass is 618 g/mol. The van der Waals surface area contributed by atoms with Gasteiger partial charge < -0.3 is 19.3 Å². The number of hydrogen-bond donors (Lipinski definition) is 3. The van der Waals surface area contributed by atoms with Crippen LogP contribution in [-0.2, 0) is 35.5 Å². The Kier molecular flexibility index (Phi) is 8.92. The molecule has 1 aromatic heterocycles. The van der Waals surface area contributed by atoms with E-state index < -0.39 is 57.8 Å². The van der Waals surface area contributed by atoms with Crippen molar-refractivity contribution in [1.82, 2.24) is 25.5 Å². The molecule has 3 heterocycles. The fraction of sp³-hybridized carbons (Fsp3) is 0.609. The van der Waals surface area contributed by atoms with Crippen molar-refractivity contribution in [2.75, 3.05) is 20.6 Å². The topological polar surface area (TPSA) is 196 Å². The van der Waals surface area contributed by atoms with Gasteiger partial charge in [-0.25, -0.2) is 19.4 Å². The molecule has 41 heavy (non-hydrogen) atoms. The number of thiophene rings is 1. The molecule has 0 spiro atoms. The number of nitrogens with zero attached hydrogens (tertiary/aromatic N) is 4. The first-order chi connectivity index (χ1) is 18.7. The van der Waals surface area contributed by atoms with Crippen molar-refractivity contribution < 1.29 is 45.9 Å². The molecular formula is C23H34N6O10S2. The van der Waals surface area contributed by atoms with Crippen molar-refractivity contribution in [3.05, 3.63) is 21.4 Å². The van der Waals surface area contributed by atoms with Crippen molar-refractivity contribution in [3.8, 4) is 0 Å². The number of nitrogens with one attached hydrogen (secondary N) is 2. The minimum Gasteiger partial charge on any atom is -0.444 e. The van der Waals surface area contributed by atoms with Crippen LogP contribution in [0.5, 0.6) is 0 Å². The first-order valence-electron chi connectivity index (χ1n) is 12.3. The summed E-state index contributed by atoms with van der Waals surface area (Å²) < 4.78 is 47.1. The average molecular weight is 619 g/mol. The third-order valence-corrected chi connectivity index (χ3v) is 6.91. The van der Waals surface area contributed by atoms with E-state index in [0.717, 1.165) is 16.2 Å². The maximum absolute atomic E-state index is 13.3. The van der Waals surface area contributed by atoms with Gasteiger partial charge in [0, 0.05) is 24.5 Å². The maximum atomic E-state index is 13.3. The number of urea groups is 1. The highest BCUT2D eigenvalue weighted by Crippen LogP contribution is 2.49. The molecule has 228 valence electrons. The third kappa shape index (κ3) is 8.05. The van der Waals surface area contributed by atoms with E-state index in [1.807, 2.05) is 0 Å². The molecule has 2 atom stereocenters. The van der Waals surface area contributed by atoms with Gasteiger partial charge in [-0.3, -0.25) is 20.0 Å². The minimum absolute atomic E-state index is 0.0690. The van der Waals surface area contributed by atoms with E-state index in [9.17, 15) is 32.1 Å². The van der Waals surface area contributed by atoms with Gasteiger partial charge in [0.1, 0.15) is 23.3 Å². The van der Waals surface area contributed by atoms with Crippen LogP contribution in [0, 0.1) is 0 Å². The number of guanidine groups is 1. The third-order valence-electron chi connectivity index (χ3n) is 5.41. The summed E-state index contributed by atoms with van der Waals surface area (Å²) in [7, 11) is -2.04. The lowest BCUT2D eigenvalue weighted by atomic mass is 9.94. The normalized spacial score (nSPS) is 18.4. The lowest BCUT2D eigenvalue weighted by Crippen LogP contribution is -2.47. The second-order valence-corrected chi connectivity index (χ2v) is 13.3. The Balaban J connectivity index is 2.00. The van der Waals surface area contributed by atoms with Crippen LogP contribution in [-0.4, -0.2) is 89.8 Å². The first-order valence-corrected chi connectivity index (χ1v) is 14.5. The number of hydrogen-bond acceptors (Lipinski definition) is 11. The molecule has 5 amide bonds. The molecule has 1 saturated heterocycles. The number of amides is 5. The summed E-state index contributed by atoms with van der Waals surface area (Å²) in [5.41, 5.74) is -0.846. The van der Waals surface area contributed by atoms with Crippen molar-refractivity contribution in [1.29, 1.82) is 0 Å². The summed E-state index contributed by atoms with van der Waals surface area (Å²) in [5.74, 6) is -0.773. The van der Waals surface area contributed by atoms with E-state index in [4.69, 9.17) is 9.47 Å². The summed E-state index contributed by atoms with van der Waals surface area (Å²) >= 11 is 1.13. The summed E-state index contributed by atoms with van der Waals surface area (Å²) in [6.45, 7) is 9.69. The summed E-state index contributed by atoms with van der Waals surface area (Å²) in [5, 5.41) is 6.91. The summed E-state index contributed by atoms with van der Waals surface area (Å²) in [6.07, 6.45) is -1.79. The zero-order valence-corrected chi connectivity index (χ0v) is 25.5. The van der Waals surface area contributed by atoms with Crippen molar-refractivity contribution in [2.45, 2.75) is 71.4 Å². The van der Waals surface area contributed by atoms with E-state index in [-0.39, 0.29) is 19.0 Å². The molecule has 1 fully saturated rings. The zero-order valence-electron chi connectivity index (χ0n) is 23.9. The Hall–Kier alpha value is -3.48. The fourth-order valence-corrected chi connectivity index (χ4v) is 5.57. The summed E-state index contributed by atoms with van der Waals surface area (Å²) in [4.78, 5) is 58.4. The van der Waals surface area contributed by atoms with E-state index in [2.05, 4.69) is 19.9 Å². The largest absolute Gasteiger partial charge is 0.444 e. The van der Waals surface area contributed by atoms with Crippen molar-refractivity contribution >= 4 is 51.8 Å². The fourth-order valence-electron chi connectivity index (χ4n) is 4.03. The van der Waals surface area contributed by atoms with Gasteiger partial charge in [-0.15, -0.1) is 15.6 Å². The zero-order chi connectivity index (χ0) is 31.1. The van der Waals surface area contributed by atoms with E-state index in [0.29, 0.717) is 21.1 Å². The average Bonchev–Trinajstić information content (AvgIpc) is 3.30. The molecular weight excluding hydrogens is 584 g/mol. The van der Waals surface area contributed by atoms with Crippen LogP contribution in [0.2, 0.25) is 0 Å². The number of hydroxylamine groups is 2. The minimum atomic E-state index is -5.04. The molecule has 3 rings (SSSR count). The highest BCUT2D eigenvalue weighted by molar-refractivity contribution is 7.80. The second-order valence-electron chi connectivity index (χ2n) is 11.4. The number of likely N-dealkylation sites (N-methyl/N-ethyl adjacent to an activating group) is 1. The van der Waals surface area contributed by atoms with Crippen LogP contribution < -0.4 is 10.6 Å². The first kappa shape index (κ1) is 32.0. The molecule has 2 bridgehead atoms. The highest BCUT2D eigenvalue weighted by Gasteiger charge is 2.54. The van der Waals surface area contributed by atoms with Crippen LogP contribution >= 0.6 is 11.3 Å². The molecule has 0 aromatic carbocycles. The SMILES string of the molecule is CN(C)C(=O)[C@@H]1c2c(CN=C(NC(=O)OC(C)(C)C)NC(=O)OC(C)(C)C)csc2[C@H]2CN1C(=O)N2OS(=O)(=O)O. The molecule has 0 aliphatic carbocycles. The molecule has 0 unspecified atom stereocenters. The van der Waals surface area contributed by atoms with Crippen LogP contribution in [0.1, 0.15) is 69.6 Å². The Morgan fingerprint density at radius 2 is 1.63 bits per heavy atom. The van der Waals surface area contributed by atoms with Crippen molar-refractivity contribution in [2.24, 2.45) is 4.99 Å². The van der Waals surface area contributed by atoms with Crippen molar-refractivity contribution in [3.63, 3.8) is 0 Å². The van der Waals surface area contributed by atoms with E-state index in [1.54, 1.807) is 46.9 Å². The predicted molar refractivity (Wildman–Crippen MR) is 145 cm³/mol. The van der Waals surface area contributed by atoms with Gasteiger partial charge in [0.15, 0.2) is 0 Å². The lowest BCUT2D eigenvalue weighted by Gasteiger charge is -2.32. The molecule has 2 aliphatic rings. The number of carbonyl (C=O) groups excluding carboxylic acids is 4. The van der Waals surface area contributed by atoms with Gasteiger partial charge >= 0.3 is 28.6 Å². The van der Waals surface area contributed by atoms with Gasteiger partial charge in [-0.05, 0) is 52.5 Å². The highest BCUT2D eigenvalue weighted by atomic mass is 32.3. The quantitative estimate of drug-likeness (QED) is 0.250. The number of ether oxygens (including phenoxy) is 2. The Morgan fingerprint density at radius 1 is 1.10 bits per heavy atom. The number of fused-ring (bicyclic) bond motifs is 4. The van der Waals surface area contributed by atoms with E-state index >= 15 is 0 Å². The number of aliphatic imine (C=N–C) groups is 1. The van der Waals surface area contributed by atoms with Crippen LogP contribution in [0.3, 0.4) is 0 Å². The smallest absolute Gasteiger partial charge is 0.418 e. The number of rotatable bonds is 5. The predicted octanol–water partition coefficient (Wildman–Crippen LogP) is 2.31. The van der Waals surface area contributed by atoms with Gasteiger partial charge in [-0.2, -0.15) is 13.5 Å². The standard InChI is InChI=1S/C23H34N6O10S2/c1-22(2,3)37-19(31)25-18(26-20(32)38-23(4,5)6)24-9-12-11-40-16-13-10-28(15(14(12)16)17(30)27(7)8)21(33)29(13)39-41(34,35)36/h11,13,15H,9-10H2,1-8H3,(H,34,35,36)(H2,24,25,26,31,32)/t13-,15+/m1/s1. The Morgan fingerprint density at radius 3 is 2.10 bits per heavy atom. The van der Waals surface area contributed by atoms with E-state index in [1.165, 1.54) is 19.0 Å². The number of alkyl carbamates (subject to hydrolysis) is 2. The van der Waals surface area contributed by atoms with Crippen LogP contribution in [0.15, 0.2) is 10.4 Å². The molecule has 0 saturated carbocycles. The van der Waals surface area contributed by atoms with Gasteiger partial charge in [0.25, 0.3) is 0 Å². The molecule has 3 N–H and O–H groups in total. The van der Waals surface area contributed by atoms with Crippen LogP contribution in [0.4, 0.5) is 14.4 Å².